The summed E-state index contributed by atoms with van der Waals surface area (Å²) < 4.78 is 5.49. The number of nitrogens with two attached hydrogens (primary N) is 1. The molecule has 1 aliphatic carbocycles. The summed E-state index contributed by atoms with van der Waals surface area (Å²) in [5.41, 5.74) is 6.53. The lowest BCUT2D eigenvalue weighted by Crippen LogP contribution is -2.37. The van der Waals surface area contributed by atoms with Gasteiger partial charge >= 0.3 is 0 Å². The van der Waals surface area contributed by atoms with Crippen LogP contribution in [0.15, 0.2) is 16.8 Å². The van der Waals surface area contributed by atoms with Gasteiger partial charge in [-0.1, -0.05) is 24.4 Å². The second-order valence-corrected chi connectivity index (χ2v) is 5.46. The van der Waals surface area contributed by atoms with Crippen molar-refractivity contribution >= 4 is 0 Å². The first-order chi connectivity index (χ1) is 9.73. The van der Waals surface area contributed by atoms with Crippen LogP contribution < -0.4 is 5.73 Å². The molecular formula is C14H19N5O. The number of aromatic nitrogens is 4. The van der Waals surface area contributed by atoms with E-state index in [1.54, 1.807) is 12.3 Å². The molecule has 1 saturated carbocycles. The van der Waals surface area contributed by atoms with Crippen molar-refractivity contribution in [2.75, 3.05) is 6.54 Å². The Morgan fingerprint density at radius 1 is 1.25 bits per heavy atom. The molecule has 3 rings (SSSR count). The lowest BCUT2D eigenvalue weighted by atomic mass is 9.74. The minimum Gasteiger partial charge on any atom is -0.338 e. The Bertz CT molecular complexity index is 589. The molecule has 2 aromatic rings. The first-order valence-corrected chi connectivity index (χ1v) is 7.08. The summed E-state index contributed by atoms with van der Waals surface area (Å²) in [5.74, 6) is 1.87. The summed E-state index contributed by atoms with van der Waals surface area (Å²) in [6.45, 7) is 2.39. The van der Waals surface area contributed by atoms with E-state index in [-0.39, 0.29) is 5.41 Å². The maximum Gasteiger partial charge on any atom is 0.234 e. The lowest BCUT2D eigenvalue weighted by molar-refractivity contribution is 0.220. The normalized spacial score (nSPS) is 18.1. The van der Waals surface area contributed by atoms with Gasteiger partial charge in [-0.2, -0.15) is 4.98 Å². The number of hydrogen-bond donors (Lipinski definition) is 1. The zero-order valence-corrected chi connectivity index (χ0v) is 11.7. The fourth-order valence-electron chi connectivity index (χ4n) is 2.86. The number of nitrogens with zero attached hydrogens (tertiary/aromatic N) is 4. The number of rotatable bonds is 3. The summed E-state index contributed by atoms with van der Waals surface area (Å²) >= 11 is 0. The highest BCUT2D eigenvalue weighted by Crippen LogP contribution is 2.38. The molecule has 20 heavy (non-hydrogen) atoms. The molecule has 2 aromatic heterocycles. The van der Waals surface area contributed by atoms with Gasteiger partial charge in [0.2, 0.25) is 11.7 Å². The van der Waals surface area contributed by atoms with Gasteiger partial charge in [-0.05, 0) is 25.8 Å². The van der Waals surface area contributed by atoms with Crippen molar-refractivity contribution < 1.29 is 4.52 Å². The average Bonchev–Trinajstić information content (AvgIpc) is 2.98. The van der Waals surface area contributed by atoms with Gasteiger partial charge in [0.05, 0.1) is 5.41 Å². The fourth-order valence-corrected chi connectivity index (χ4v) is 2.86. The molecule has 0 amide bonds. The van der Waals surface area contributed by atoms with Crippen molar-refractivity contribution in [1.82, 2.24) is 20.1 Å². The van der Waals surface area contributed by atoms with Crippen LogP contribution in [0, 0.1) is 6.92 Å². The predicted molar refractivity (Wildman–Crippen MR) is 73.9 cm³/mol. The average molecular weight is 273 g/mol. The Labute approximate surface area is 117 Å². The van der Waals surface area contributed by atoms with Crippen LogP contribution in [0.5, 0.6) is 0 Å². The summed E-state index contributed by atoms with van der Waals surface area (Å²) in [6, 6.07) is 1.79. The third-order valence-corrected chi connectivity index (χ3v) is 4.09. The topological polar surface area (TPSA) is 90.7 Å². The van der Waals surface area contributed by atoms with Crippen molar-refractivity contribution in [3.8, 4) is 11.5 Å². The highest BCUT2D eigenvalue weighted by atomic mass is 16.5. The van der Waals surface area contributed by atoms with E-state index in [4.69, 9.17) is 10.3 Å². The summed E-state index contributed by atoms with van der Waals surface area (Å²) in [4.78, 5) is 12.9. The Balaban J connectivity index is 1.93. The van der Waals surface area contributed by atoms with Gasteiger partial charge in [0.1, 0.15) is 11.5 Å². The minimum atomic E-state index is -0.147. The van der Waals surface area contributed by atoms with Gasteiger partial charge < -0.3 is 10.3 Å². The molecule has 0 bridgehead atoms. The fraction of sp³-hybridized carbons (Fsp3) is 0.571. The van der Waals surface area contributed by atoms with Gasteiger partial charge in [0.15, 0.2) is 0 Å². The van der Waals surface area contributed by atoms with E-state index >= 15 is 0 Å². The second kappa shape index (κ2) is 5.28. The minimum absolute atomic E-state index is 0.147. The van der Waals surface area contributed by atoms with E-state index in [2.05, 4.69) is 20.1 Å². The Kier molecular flexibility index (Phi) is 3.48. The zero-order valence-electron chi connectivity index (χ0n) is 11.7. The molecule has 6 nitrogen and oxygen atoms in total. The molecule has 0 aromatic carbocycles. The van der Waals surface area contributed by atoms with Crippen molar-refractivity contribution in [1.29, 1.82) is 0 Å². The molecule has 0 saturated heterocycles. The number of hydrogen-bond acceptors (Lipinski definition) is 6. The van der Waals surface area contributed by atoms with E-state index in [0.29, 0.717) is 29.8 Å². The first-order valence-electron chi connectivity index (χ1n) is 7.08. The highest BCUT2D eigenvalue weighted by molar-refractivity contribution is 5.47. The third-order valence-electron chi connectivity index (χ3n) is 4.09. The summed E-state index contributed by atoms with van der Waals surface area (Å²) in [5, 5.41) is 4.06. The Hall–Kier alpha value is -1.82. The van der Waals surface area contributed by atoms with Crippen molar-refractivity contribution in [2.24, 2.45) is 5.73 Å². The van der Waals surface area contributed by atoms with E-state index in [1.165, 1.54) is 19.3 Å². The third kappa shape index (κ3) is 2.31. The van der Waals surface area contributed by atoms with E-state index in [1.807, 2.05) is 6.92 Å². The van der Waals surface area contributed by atoms with Crippen molar-refractivity contribution in [3.63, 3.8) is 0 Å². The largest absolute Gasteiger partial charge is 0.338 e. The molecule has 0 unspecified atom stereocenters. The van der Waals surface area contributed by atoms with E-state index < -0.39 is 0 Å². The Morgan fingerprint density at radius 2 is 2.05 bits per heavy atom. The van der Waals surface area contributed by atoms with E-state index in [0.717, 1.165) is 12.8 Å². The molecule has 0 spiro atoms. The van der Waals surface area contributed by atoms with Crippen LogP contribution in [-0.4, -0.2) is 26.7 Å². The summed E-state index contributed by atoms with van der Waals surface area (Å²) in [6.07, 6.45) is 7.34. The van der Waals surface area contributed by atoms with Crippen LogP contribution in [0.1, 0.15) is 43.8 Å². The molecule has 1 fully saturated rings. The standard InChI is InChI=1S/C14H19N5O/c1-10-16-8-5-11(17-10)12-18-13(20-19-12)14(9-15)6-3-2-4-7-14/h5,8H,2-4,6-7,9,15H2,1H3. The van der Waals surface area contributed by atoms with Crippen LogP contribution in [0.25, 0.3) is 11.5 Å². The molecule has 2 N–H and O–H groups in total. The maximum atomic E-state index is 5.99. The van der Waals surface area contributed by atoms with Crippen LogP contribution in [0.3, 0.4) is 0 Å². The Morgan fingerprint density at radius 3 is 2.75 bits per heavy atom. The quantitative estimate of drug-likeness (QED) is 0.919. The van der Waals surface area contributed by atoms with E-state index in [9.17, 15) is 0 Å². The van der Waals surface area contributed by atoms with Gasteiger partial charge in [-0.3, -0.25) is 0 Å². The molecule has 2 heterocycles. The lowest BCUT2D eigenvalue weighted by Gasteiger charge is -2.32. The number of aryl methyl sites for hydroxylation is 1. The van der Waals surface area contributed by atoms with Gasteiger partial charge in [0, 0.05) is 12.7 Å². The molecule has 0 aliphatic heterocycles. The van der Waals surface area contributed by atoms with Crippen molar-refractivity contribution in [3.05, 3.63) is 24.0 Å². The monoisotopic (exact) mass is 273 g/mol. The van der Waals surface area contributed by atoms with Gasteiger partial charge in [-0.15, -0.1) is 0 Å². The molecule has 106 valence electrons. The molecule has 0 radical (unpaired) electrons. The second-order valence-electron chi connectivity index (χ2n) is 5.46. The smallest absolute Gasteiger partial charge is 0.234 e. The van der Waals surface area contributed by atoms with Crippen LogP contribution in [0.2, 0.25) is 0 Å². The molecular weight excluding hydrogens is 254 g/mol. The SMILES string of the molecule is Cc1nccc(-c2noc(C3(CN)CCCCC3)n2)n1. The molecule has 1 aliphatic rings. The molecule has 6 heteroatoms. The maximum absolute atomic E-state index is 5.99. The van der Waals surface area contributed by atoms with Gasteiger partial charge in [-0.25, -0.2) is 9.97 Å². The van der Waals surface area contributed by atoms with Crippen LogP contribution in [0.4, 0.5) is 0 Å². The highest BCUT2D eigenvalue weighted by Gasteiger charge is 2.38. The summed E-state index contributed by atoms with van der Waals surface area (Å²) in [7, 11) is 0. The molecule has 0 atom stereocenters. The zero-order chi connectivity index (χ0) is 14.0. The first kappa shape index (κ1) is 13.2. The van der Waals surface area contributed by atoms with Gasteiger partial charge in [0.25, 0.3) is 0 Å². The van der Waals surface area contributed by atoms with Crippen LogP contribution in [-0.2, 0) is 5.41 Å². The van der Waals surface area contributed by atoms with Crippen LogP contribution >= 0.6 is 0 Å². The predicted octanol–water partition coefficient (Wildman–Crippen LogP) is 2.00. The van der Waals surface area contributed by atoms with Crippen molar-refractivity contribution in [2.45, 2.75) is 44.4 Å².